The zero-order valence-corrected chi connectivity index (χ0v) is 14.2. The Labute approximate surface area is 136 Å². The Morgan fingerprint density at radius 3 is 2.45 bits per heavy atom. The van der Waals surface area contributed by atoms with Crippen LogP contribution in [0.1, 0.15) is 20.3 Å². The van der Waals surface area contributed by atoms with E-state index in [1.807, 2.05) is 18.6 Å². The molecule has 4 N–H and O–H groups in total. The Kier molecular flexibility index (Phi) is 7.78. The normalized spacial score (nSPS) is 12.5. The number of carbonyl (C=O) groups is 1. The first-order valence-electron chi connectivity index (χ1n) is 6.42. The lowest BCUT2D eigenvalue weighted by Gasteiger charge is -2.15. The average Bonchev–Trinajstić information content (AvgIpc) is 2.30. The Balaban J connectivity index is 0.00000441. The lowest BCUT2D eigenvalue weighted by molar-refractivity contribution is -0.117. The molecule has 22 heavy (non-hydrogen) atoms. The van der Waals surface area contributed by atoms with Gasteiger partial charge >= 0.3 is 0 Å². The zero-order chi connectivity index (χ0) is 16.2. The monoisotopic (exact) mass is 353 g/mol. The van der Waals surface area contributed by atoms with Gasteiger partial charge in [0, 0.05) is 5.69 Å². The summed E-state index contributed by atoms with van der Waals surface area (Å²) in [7, 11) is -3.60. The van der Waals surface area contributed by atoms with E-state index in [-0.39, 0.29) is 29.7 Å². The van der Waals surface area contributed by atoms with Gasteiger partial charge in [-0.3, -0.25) is 9.52 Å². The number of benzene rings is 1. The van der Waals surface area contributed by atoms with Crippen LogP contribution in [0.3, 0.4) is 0 Å². The number of halogens is 2. The molecule has 1 amide bonds. The number of sulfonamides is 1. The van der Waals surface area contributed by atoms with Crippen molar-refractivity contribution in [3.8, 4) is 0 Å². The van der Waals surface area contributed by atoms with Gasteiger partial charge in [-0.25, -0.2) is 12.8 Å². The molecule has 0 aliphatic heterocycles. The van der Waals surface area contributed by atoms with Crippen molar-refractivity contribution in [3.63, 3.8) is 0 Å². The first-order chi connectivity index (χ1) is 9.58. The quantitative estimate of drug-likeness (QED) is 0.727. The minimum Gasteiger partial charge on any atom is -0.325 e. The molecule has 1 rings (SSSR count). The van der Waals surface area contributed by atoms with Gasteiger partial charge in [-0.05, 0) is 30.5 Å². The predicted octanol–water partition coefficient (Wildman–Crippen LogP) is 1.93. The highest BCUT2D eigenvalue weighted by Crippen LogP contribution is 2.20. The summed E-state index contributed by atoms with van der Waals surface area (Å²) in [5, 5.41) is 2.54. The van der Waals surface area contributed by atoms with Crippen molar-refractivity contribution in [2.24, 2.45) is 11.7 Å². The Hall–Kier alpha value is -1.38. The van der Waals surface area contributed by atoms with Crippen LogP contribution in [0.25, 0.3) is 0 Å². The number of hydrogen-bond donors (Lipinski definition) is 3. The first-order valence-corrected chi connectivity index (χ1v) is 8.31. The van der Waals surface area contributed by atoms with E-state index in [0.717, 1.165) is 12.3 Å². The Morgan fingerprint density at radius 2 is 1.95 bits per heavy atom. The maximum Gasteiger partial charge on any atom is 0.241 e. The summed E-state index contributed by atoms with van der Waals surface area (Å²) in [4.78, 5) is 11.9. The largest absolute Gasteiger partial charge is 0.325 e. The summed E-state index contributed by atoms with van der Waals surface area (Å²) in [6.45, 7) is 3.89. The van der Waals surface area contributed by atoms with E-state index in [4.69, 9.17) is 5.73 Å². The summed E-state index contributed by atoms with van der Waals surface area (Å²) in [5.74, 6) is -0.869. The molecule has 0 radical (unpaired) electrons. The van der Waals surface area contributed by atoms with Gasteiger partial charge in [0.15, 0.2) is 0 Å². The van der Waals surface area contributed by atoms with Crippen molar-refractivity contribution in [2.45, 2.75) is 26.3 Å². The van der Waals surface area contributed by atoms with Crippen molar-refractivity contribution >= 4 is 39.7 Å². The lowest BCUT2D eigenvalue weighted by Crippen LogP contribution is -2.36. The van der Waals surface area contributed by atoms with Crippen LogP contribution in [0.4, 0.5) is 15.8 Å². The smallest absolute Gasteiger partial charge is 0.241 e. The van der Waals surface area contributed by atoms with Gasteiger partial charge in [0.2, 0.25) is 15.9 Å². The van der Waals surface area contributed by atoms with Gasteiger partial charge in [-0.15, -0.1) is 12.4 Å². The van der Waals surface area contributed by atoms with E-state index in [0.29, 0.717) is 6.42 Å². The highest BCUT2D eigenvalue weighted by Gasteiger charge is 2.16. The maximum absolute atomic E-state index is 13.5. The van der Waals surface area contributed by atoms with Crippen LogP contribution >= 0.6 is 12.4 Å². The van der Waals surface area contributed by atoms with Crippen molar-refractivity contribution < 1.29 is 17.6 Å². The Morgan fingerprint density at radius 1 is 1.36 bits per heavy atom. The minimum absolute atomic E-state index is 0. The molecule has 6 nitrogen and oxygen atoms in total. The fraction of sp³-hybridized carbons (Fsp3) is 0.462. The molecular weight excluding hydrogens is 333 g/mol. The molecule has 0 aromatic heterocycles. The fourth-order valence-electron chi connectivity index (χ4n) is 1.73. The number of rotatable bonds is 6. The third kappa shape index (κ3) is 7.06. The van der Waals surface area contributed by atoms with Crippen molar-refractivity contribution in [2.75, 3.05) is 16.3 Å². The second-order valence-electron chi connectivity index (χ2n) is 5.29. The van der Waals surface area contributed by atoms with Crippen LogP contribution in [0.5, 0.6) is 0 Å². The third-order valence-electron chi connectivity index (χ3n) is 2.59. The van der Waals surface area contributed by atoms with Crippen molar-refractivity contribution in [1.82, 2.24) is 0 Å². The number of anilines is 2. The summed E-state index contributed by atoms with van der Waals surface area (Å²) in [6.07, 6.45) is 1.43. The van der Waals surface area contributed by atoms with Gasteiger partial charge in [-0.1, -0.05) is 13.8 Å². The summed E-state index contributed by atoms with van der Waals surface area (Å²) >= 11 is 0. The fourth-order valence-corrected chi connectivity index (χ4v) is 2.29. The number of nitrogens with two attached hydrogens (primary N) is 1. The second-order valence-corrected chi connectivity index (χ2v) is 7.04. The van der Waals surface area contributed by atoms with Gasteiger partial charge < -0.3 is 11.1 Å². The maximum atomic E-state index is 13.5. The van der Waals surface area contributed by atoms with Crippen LogP contribution in [0.15, 0.2) is 18.2 Å². The van der Waals surface area contributed by atoms with E-state index in [9.17, 15) is 17.6 Å². The van der Waals surface area contributed by atoms with Gasteiger partial charge in [0.1, 0.15) is 5.82 Å². The molecule has 9 heteroatoms. The summed E-state index contributed by atoms with van der Waals surface area (Å²) in [6, 6.07) is 2.93. The molecule has 1 aromatic carbocycles. The van der Waals surface area contributed by atoms with E-state index in [1.165, 1.54) is 12.1 Å². The topological polar surface area (TPSA) is 101 Å². The lowest BCUT2D eigenvalue weighted by atomic mass is 10.0. The molecule has 0 unspecified atom stereocenters. The Bertz CT molecular complexity index is 623. The highest BCUT2D eigenvalue weighted by molar-refractivity contribution is 7.92. The minimum atomic E-state index is -3.60. The number of nitrogens with one attached hydrogen (secondary N) is 2. The number of amides is 1. The van der Waals surface area contributed by atoms with E-state index >= 15 is 0 Å². The van der Waals surface area contributed by atoms with Crippen LogP contribution in [0, 0.1) is 11.7 Å². The molecule has 0 spiro atoms. The molecule has 0 aliphatic carbocycles. The first kappa shape index (κ1) is 20.6. The van der Waals surface area contributed by atoms with Crippen LogP contribution in [-0.2, 0) is 14.8 Å². The van der Waals surface area contributed by atoms with Crippen LogP contribution in [-0.4, -0.2) is 26.6 Å². The number of carbonyl (C=O) groups excluding carboxylic acids is 1. The van der Waals surface area contributed by atoms with E-state index < -0.39 is 27.8 Å². The molecular formula is C13H21ClFN3O3S. The molecule has 0 saturated heterocycles. The van der Waals surface area contributed by atoms with E-state index in [2.05, 4.69) is 5.32 Å². The molecule has 0 saturated carbocycles. The van der Waals surface area contributed by atoms with Gasteiger partial charge in [0.25, 0.3) is 0 Å². The molecule has 1 atom stereocenters. The van der Waals surface area contributed by atoms with Gasteiger partial charge in [0.05, 0.1) is 18.0 Å². The molecule has 0 heterocycles. The SMILES string of the molecule is CC(C)C[C@H](N)C(=O)Nc1ccc(F)c(NS(C)(=O)=O)c1.Cl. The number of hydrogen-bond acceptors (Lipinski definition) is 4. The van der Waals surface area contributed by atoms with Crippen LogP contribution in [0.2, 0.25) is 0 Å². The molecule has 1 aromatic rings. The van der Waals surface area contributed by atoms with Gasteiger partial charge in [-0.2, -0.15) is 0 Å². The zero-order valence-electron chi connectivity index (χ0n) is 12.6. The van der Waals surface area contributed by atoms with Crippen molar-refractivity contribution in [1.29, 1.82) is 0 Å². The summed E-state index contributed by atoms with van der Waals surface area (Å²) in [5.41, 5.74) is 5.78. The molecule has 126 valence electrons. The second kappa shape index (κ2) is 8.30. The standard InChI is InChI=1S/C13H20FN3O3S.ClH/c1-8(2)6-11(15)13(18)16-9-4-5-10(14)12(7-9)17-21(3,19)20;/h4-5,7-8,11,17H,6,15H2,1-3H3,(H,16,18);1H/t11-;/m0./s1. The van der Waals surface area contributed by atoms with Crippen molar-refractivity contribution in [3.05, 3.63) is 24.0 Å². The highest BCUT2D eigenvalue weighted by atomic mass is 35.5. The average molecular weight is 354 g/mol. The molecule has 0 aliphatic rings. The van der Waals surface area contributed by atoms with Crippen LogP contribution < -0.4 is 15.8 Å². The predicted molar refractivity (Wildman–Crippen MR) is 88.2 cm³/mol. The third-order valence-corrected chi connectivity index (χ3v) is 3.18. The summed E-state index contributed by atoms with van der Waals surface area (Å²) < 4.78 is 37.8. The molecule has 0 bridgehead atoms. The van der Waals surface area contributed by atoms with E-state index in [1.54, 1.807) is 0 Å². The molecule has 0 fully saturated rings.